The number of guanidine groups is 1. The molecule has 1 aromatic rings. The fourth-order valence-electron chi connectivity index (χ4n) is 3.61. The molecule has 0 spiro atoms. The van der Waals surface area contributed by atoms with E-state index in [9.17, 15) is 0 Å². The van der Waals surface area contributed by atoms with Gasteiger partial charge in [-0.15, -0.1) is 24.0 Å². The summed E-state index contributed by atoms with van der Waals surface area (Å²) in [5, 5.41) is 6.90. The van der Waals surface area contributed by atoms with Crippen LogP contribution in [0, 0.1) is 5.92 Å². The van der Waals surface area contributed by atoms with Crippen LogP contribution in [0.25, 0.3) is 0 Å². The Hall–Kier alpha value is -1.22. The summed E-state index contributed by atoms with van der Waals surface area (Å²) >= 11 is 0. The fourth-order valence-corrected chi connectivity index (χ4v) is 3.61. The summed E-state index contributed by atoms with van der Waals surface area (Å²) in [5.41, 5.74) is 1.24. The number of hydrogen-bond donors (Lipinski definition) is 2. The Morgan fingerprint density at radius 2 is 1.96 bits per heavy atom. The number of likely N-dealkylation sites (tertiary alicyclic amines) is 1. The maximum absolute atomic E-state index is 5.43. The molecule has 6 nitrogen and oxygen atoms in total. The highest BCUT2D eigenvalue weighted by Crippen LogP contribution is 2.32. The van der Waals surface area contributed by atoms with Crippen molar-refractivity contribution >= 4 is 29.9 Å². The number of fused-ring (bicyclic) bond motifs is 1. The second kappa shape index (κ2) is 11.6. The standard InChI is InChI=1S/C20H32N4O2.HI/c1-3-10-24-11-7-17(8-12-24)14-23-20(21-2)22-9-6-16-4-5-18-19(13-16)26-15-25-18;/h4-5,13,17H,3,6-12,14-15H2,1-2H3,(H2,21,22,23);1H. The molecule has 0 saturated carbocycles. The number of nitrogens with zero attached hydrogens (tertiary/aromatic N) is 2. The zero-order valence-electron chi connectivity index (χ0n) is 16.5. The number of nitrogens with one attached hydrogen (secondary N) is 2. The maximum atomic E-state index is 5.43. The molecule has 152 valence electrons. The largest absolute Gasteiger partial charge is 0.454 e. The van der Waals surface area contributed by atoms with Crippen molar-refractivity contribution < 1.29 is 9.47 Å². The first-order chi connectivity index (χ1) is 12.8. The van der Waals surface area contributed by atoms with Gasteiger partial charge >= 0.3 is 0 Å². The molecule has 1 fully saturated rings. The van der Waals surface area contributed by atoms with Gasteiger partial charge in [0.15, 0.2) is 17.5 Å². The highest BCUT2D eigenvalue weighted by atomic mass is 127. The zero-order valence-corrected chi connectivity index (χ0v) is 18.8. The molecule has 0 unspecified atom stereocenters. The summed E-state index contributed by atoms with van der Waals surface area (Å²) < 4.78 is 10.8. The lowest BCUT2D eigenvalue weighted by molar-refractivity contribution is 0.174. The van der Waals surface area contributed by atoms with Gasteiger partial charge in [0.25, 0.3) is 0 Å². The van der Waals surface area contributed by atoms with Crippen molar-refractivity contribution in [1.82, 2.24) is 15.5 Å². The van der Waals surface area contributed by atoms with E-state index in [-0.39, 0.29) is 24.0 Å². The Kier molecular flexibility index (Phi) is 9.47. The van der Waals surface area contributed by atoms with Gasteiger partial charge in [0.2, 0.25) is 6.79 Å². The van der Waals surface area contributed by atoms with E-state index < -0.39 is 0 Å². The number of aliphatic imine (C=N–C) groups is 1. The highest BCUT2D eigenvalue weighted by molar-refractivity contribution is 14.0. The maximum Gasteiger partial charge on any atom is 0.231 e. The predicted molar refractivity (Wildman–Crippen MR) is 121 cm³/mol. The Bertz CT molecular complexity index is 604. The lowest BCUT2D eigenvalue weighted by atomic mass is 9.97. The molecule has 0 radical (unpaired) electrons. The van der Waals surface area contributed by atoms with Gasteiger partial charge in [0.05, 0.1) is 0 Å². The highest BCUT2D eigenvalue weighted by Gasteiger charge is 2.18. The Morgan fingerprint density at radius 1 is 1.19 bits per heavy atom. The second-order valence-electron chi connectivity index (χ2n) is 7.10. The van der Waals surface area contributed by atoms with Crippen LogP contribution in [-0.4, -0.2) is 57.4 Å². The van der Waals surface area contributed by atoms with Gasteiger partial charge in [0.1, 0.15) is 0 Å². The average molecular weight is 488 g/mol. The van der Waals surface area contributed by atoms with Gasteiger partial charge in [-0.25, -0.2) is 0 Å². The molecule has 0 amide bonds. The molecule has 2 N–H and O–H groups in total. The van der Waals surface area contributed by atoms with Gasteiger partial charge < -0.3 is 25.0 Å². The minimum Gasteiger partial charge on any atom is -0.454 e. The number of hydrogen-bond acceptors (Lipinski definition) is 4. The van der Waals surface area contributed by atoms with Crippen LogP contribution in [-0.2, 0) is 6.42 Å². The van der Waals surface area contributed by atoms with Crippen molar-refractivity contribution in [3.63, 3.8) is 0 Å². The molecule has 2 aliphatic heterocycles. The molecule has 1 aromatic carbocycles. The normalized spacial score (nSPS) is 17.5. The van der Waals surface area contributed by atoms with Gasteiger partial charge in [-0.2, -0.15) is 0 Å². The van der Waals surface area contributed by atoms with Crippen LogP contribution in [0.1, 0.15) is 31.7 Å². The summed E-state index contributed by atoms with van der Waals surface area (Å²) in [4.78, 5) is 6.92. The van der Waals surface area contributed by atoms with Crippen molar-refractivity contribution in [1.29, 1.82) is 0 Å². The summed E-state index contributed by atoms with van der Waals surface area (Å²) in [6.07, 6.45) is 4.73. The number of piperidine rings is 1. The first-order valence-corrected chi connectivity index (χ1v) is 9.84. The Morgan fingerprint density at radius 3 is 2.70 bits per heavy atom. The van der Waals surface area contributed by atoms with Crippen LogP contribution in [0.5, 0.6) is 11.5 Å². The fraction of sp³-hybridized carbons (Fsp3) is 0.650. The van der Waals surface area contributed by atoms with E-state index in [1.165, 1.54) is 44.5 Å². The monoisotopic (exact) mass is 488 g/mol. The smallest absolute Gasteiger partial charge is 0.231 e. The van der Waals surface area contributed by atoms with E-state index in [4.69, 9.17) is 9.47 Å². The van der Waals surface area contributed by atoms with E-state index in [1.54, 1.807) is 0 Å². The minimum absolute atomic E-state index is 0. The lowest BCUT2D eigenvalue weighted by Crippen LogP contribution is -2.43. The molecule has 0 aliphatic carbocycles. The third kappa shape index (κ3) is 6.71. The van der Waals surface area contributed by atoms with Gasteiger partial charge in [0, 0.05) is 20.1 Å². The molecular formula is C20H33IN4O2. The quantitative estimate of drug-likeness (QED) is 0.351. The number of rotatable bonds is 7. The van der Waals surface area contributed by atoms with Crippen LogP contribution < -0.4 is 20.1 Å². The number of benzene rings is 1. The van der Waals surface area contributed by atoms with Crippen LogP contribution in [0.15, 0.2) is 23.2 Å². The van der Waals surface area contributed by atoms with Crippen LogP contribution in [0.2, 0.25) is 0 Å². The van der Waals surface area contributed by atoms with Crippen molar-refractivity contribution in [2.45, 2.75) is 32.6 Å². The molecule has 7 heteroatoms. The van der Waals surface area contributed by atoms with Crippen LogP contribution in [0.3, 0.4) is 0 Å². The first-order valence-electron chi connectivity index (χ1n) is 9.84. The van der Waals surface area contributed by atoms with Crippen molar-refractivity contribution in [2.75, 3.05) is 46.6 Å². The van der Waals surface area contributed by atoms with Gasteiger partial charge in [-0.1, -0.05) is 13.0 Å². The summed E-state index contributed by atoms with van der Waals surface area (Å²) in [5.74, 6) is 3.32. The summed E-state index contributed by atoms with van der Waals surface area (Å²) in [6.45, 7) is 8.13. The topological polar surface area (TPSA) is 58.1 Å². The Labute approximate surface area is 180 Å². The molecule has 1 saturated heterocycles. The third-order valence-electron chi connectivity index (χ3n) is 5.17. The molecular weight excluding hydrogens is 455 g/mol. The molecule has 2 heterocycles. The summed E-state index contributed by atoms with van der Waals surface area (Å²) in [6, 6.07) is 6.13. The Balaban J connectivity index is 0.00000261. The predicted octanol–water partition coefficient (Wildman–Crippen LogP) is 2.86. The van der Waals surface area contributed by atoms with Crippen molar-refractivity contribution in [3.8, 4) is 11.5 Å². The van der Waals surface area contributed by atoms with Crippen molar-refractivity contribution in [2.24, 2.45) is 10.9 Å². The van der Waals surface area contributed by atoms with E-state index in [0.717, 1.165) is 42.9 Å². The molecule has 2 aliphatic rings. The molecule has 0 aromatic heterocycles. The SMILES string of the molecule is CCCN1CCC(CNC(=NC)NCCc2ccc3c(c2)OCO3)CC1.I. The molecule has 0 atom stereocenters. The lowest BCUT2D eigenvalue weighted by Gasteiger charge is -2.32. The van der Waals surface area contributed by atoms with Gasteiger partial charge in [-0.05, 0) is 68.9 Å². The zero-order chi connectivity index (χ0) is 18.2. The van der Waals surface area contributed by atoms with E-state index in [1.807, 2.05) is 13.1 Å². The number of halogens is 1. The minimum atomic E-state index is 0. The van der Waals surface area contributed by atoms with Gasteiger partial charge in [-0.3, -0.25) is 4.99 Å². The van der Waals surface area contributed by atoms with Crippen LogP contribution in [0.4, 0.5) is 0 Å². The van der Waals surface area contributed by atoms with Crippen LogP contribution >= 0.6 is 24.0 Å². The summed E-state index contributed by atoms with van der Waals surface area (Å²) in [7, 11) is 1.83. The van der Waals surface area contributed by atoms with E-state index in [0.29, 0.717) is 6.79 Å². The molecule has 0 bridgehead atoms. The second-order valence-corrected chi connectivity index (χ2v) is 7.10. The van der Waals surface area contributed by atoms with Crippen molar-refractivity contribution in [3.05, 3.63) is 23.8 Å². The third-order valence-corrected chi connectivity index (χ3v) is 5.17. The molecule has 27 heavy (non-hydrogen) atoms. The first kappa shape index (κ1) is 22.1. The van der Waals surface area contributed by atoms with E-state index in [2.05, 4.69) is 39.6 Å². The average Bonchev–Trinajstić information content (AvgIpc) is 3.14. The van der Waals surface area contributed by atoms with E-state index >= 15 is 0 Å². The number of ether oxygens (including phenoxy) is 2. The molecule has 3 rings (SSSR count).